The van der Waals surface area contributed by atoms with Crippen LogP contribution in [0.4, 0.5) is 10.5 Å². The first-order valence-electron chi connectivity index (χ1n) is 11.0. The normalized spacial score (nSPS) is 15.8. The maximum atomic E-state index is 12.3. The van der Waals surface area contributed by atoms with Crippen molar-refractivity contribution in [2.24, 2.45) is 0 Å². The van der Waals surface area contributed by atoms with Crippen LogP contribution in [0.25, 0.3) is 11.1 Å². The van der Waals surface area contributed by atoms with E-state index in [2.05, 4.69) is 22.8 Å². The summed E-state index contributed by atoms with van der Waals surface area (Å²) in [5, 5.41) is 26.0. The molecule has 34 heavy (non-hydrogen) atoms. The zero-order chi connectivity index (χ0) is 23.7. The van der Waals surface area contributed by atoms with E-state index in [0.717, 1.165) is 22.3 Å². The summed E-state index contributed by atoms with van der Waals surface area (Å²) in [7, 11) is 0. The second kappa shape index (κ2) is 9.17. The third kappa shape index (κ3) is 4.21. The predicted octanol–water partition coefficient (Wildman–Crippen LogP) is 2.95. The number of aliphatic hydroxyl groups excluding tert-OH is 2. The Labute approximate surface area is 196 Å². The quantitative estimate of drug-likeness (QED) is 0.449. The minimum atomic E-state index is -1.28. The van der Waals surface area contributed by atoms with Crippen LogP contribution < -0.4 is 15.4 Å². The molecule has 0 radical (unpaired) electrons. The Morgan fingerprint density at radius 3 is 2.44 bits per heavy atom. The number of rotatable bonds is 6. The number of hydrogen-bond donors (Lipinski definition) is 4. The summed E-state index contributed by atoms with van der Waals surface area (Å²) in [5.41, 5.74) is 5.29. The first kappa shape index (κ1) is 21.9. The number of amides is 2. The van der Waals surface area contributed by atoms with Gasteiger partial charge in [-0.25, -0.2) is 4.79 Å². The number of carbonyl (C=O) groups excluding carboxylic acids is 2. The Morgan fingerprint density at radius 1 is 1.06 bits per heavy atom. The van der Waals surface area contributed by atoms with Crippen molar-refractivity contribution in [3.63, 3.8) is 0 Å². The molecule has 2 atom stereocenters. The molecular formula is C26H24N2O6. The lowest BCUT2D eigenvalue weighted by Crippen LogP contribution is -2.36. The van der Waals surface area contributed by atoms with E-state index in [0.29, 0.717) is 17.0 Å². The Bertz CT molecular complexity index is 1200. The van der Waals surface area contributed by atoms with Gasteiger partial charge in [-0.3, -0.25) is 4.79 Å². The van der Waals surface area contributed by atoms with Gasteiger partial charge in [0, 0.05) is 12.5 Å². The molecule has 0 saturated heterocycles. The summed E-state index contributed by atoms with van der Waals surface area (Å²) >= 11 is 0. The molecule has 0 bridgehead atoms. The molecule has 8 heteroatoms. The third-order valence-corrected chi connectivity index (χ3v) is 6.14. The maximum Gasteiger partial charge on any atom is 0.407 e. The zero-order valence-corrected chi connectivity index (χ0v) is 18.2. The van der Waals surface area contributed by atoms with Crippen molar-refractivity contribution in [1.82, 2.24) is 5.32 Å². The van der Waals surface area contributed by atoms with Crippen molar-refractivity contribution in [2.75, 3.05) is 25.1 Å². The van der Waals surface area contributed by atoms with Gasteiger partial charge in [0.2, 0.25) is 0 Å². The maximum absolute atomic E-state index is 12.3. The van der Waals surface area contributed by atoms with E-state index in [9.17, 15) is 19.8 Å². The van der Waals surface area contributed by atoms with Gasteiger partial charge >= 0.3 is 6.09 Å². The minimum Gasteiger partial charge on any atom is -0.482 e. The fraction of sp³-hybridized carbons (Fsp3) is 0.231. The molecule has 174 valence electrons. The summed E-state index contributed by atoms with van der Waals surface area (Å²) in [6.07, 6.45) is -3.24. The number of anilines is 1. The Balaban J connectivity index is 1.17. The number of nitrogens with one attached hydrogen (secondary N) is 2. The summed E-state index contributed by atoms with van der Waals surface area (Å²) in [5.74, 6) is 0.125. The number of benzene rings is 3. The van der Waals surface area contributed by atoms with Crippen LogP contribution in [0.5, 0.6) is 5.75 Å². The Morgan fingerprint density at radius 2 is 1.74 bits per heavy atom. The number of fused-ring (bicyclic) bond motifs is 4. The summed E-state index contributed by atoms with van der Waals surface area (Å²) in [4.78, 5) is 23.8. The van der Waals surface area contributed by atoms with Crippen LogP contribution in [0.1, 0.15) is 28.7 Å². The number of carbonyl (C=O) groups is 2. The van der Waals surface area contributed by atoms with Crippen LogP contribution in [0.3, 0.4) is 0 Å². The summed E-state index contributed by atoms with van der Waals surface area (Å²) < 4.78 is 10.7. The molecule has 0 saturated carbocycles. The zero-order valence-electron chi connectivity index (χ0n) is 18.2. The predicted molar refractivity (Wildman–Crippen MR) is 125 cm³/mol. The molecule has 5 rings (SSSR count). The molecule has 0 spiro atoms. The summed E-state index contributed by atoms with van der Waals surface area (Å²) in [6.45, 7) is -0.123. The molecule has 2 amide bonds. The van der Waals surface area contributed by atoms with Gasteiger partial charge in [-0.1, -0.05) is 54.6 Å². The van der Waals surface area contributed by atoms with Gasteiger partial charge in [0.15, 0.2) is 6.61 Å². The fourth-order valence-corrected chi connectivity index (χ4v) is 4.46. The molecular weight excluding hydrogens is 436 g/mol. The molecule has 1 aliphatic carbocycles. The number of hydrogen-bond acceptors (Lipinski definition) is 6. The lowest BCUT2D eigenvalue weighted by molar-refractivity contribution is -0.118. The third-order valence-electron chi connectivity index (χ3n) is 6.14. The SMILES string of the molecule is O=C1COc2ccc(C(O)C(O)CNC(=O)OCC3c4ccccc4-c4ccccc43)cc2N1. The first-order chi connectivity index (χ1) is 16.5. The highest BCUT2D eigenvalue weighted by atomic mass is 16.5. The van der Waals surface area contributed by atoms with Crippen LogP contribution in [0, 0.1) is 0 Å². The van der Waals surface area contributed by atoms with Crippen LogP contribution in [-0.4, -0.2) is 48.1 Å². The average Bonchev–Trinajstić information content (AvgIpc) is 3.18. The molecule has 1 aliphatic heterocycles. The standard InChI is InChI=1S/C26H24N2O6/c29-22(25(31)15-9-10-23-21(11-15)28-24(30)14-33-23)12-27-26(32)34-13-20-18-7-3-1-5-16(18)17-6-2-4-8-19(17)20/h1-11,20,22,25,29,31H,12-14H2,(H,27,32)(H,28,30). The average molecular weight is 460 g/mol. The Kier molecular flexibility index (Phi) is 5.91. The molecule has 4 N–H and O–H groups in total. The van der Waals surface area contributed by atoms with Gasteiger partial charge < -0.3 is 30.3 Å². The van der Waals surface area contributed by atoms with Crippen LogP contribution in [-0.2, 0) is 9.53 Å². The van der Waals surface area contributed by atoms with Gasteiger partial charge in [0.1, 0.15) is 24.6 Å². The van der Waals surface area contributed by atoms with E-state index in [4.69, 9.17) is 9.47 Å². The molecule has 3 aromatic carbocycles. The summed E-state index contributed by atoms with van der Waals surface area (Å²) in [6, 6.07) is 20.8. The van der Waals surface area contributed by atoms with E-state index < -0.39 is 18.3 Å². The van der Waals surface area contributed by atoms with Crippen molar-refractivity contribution in [3.8, 4) is 16.9 Å². The van der Waals surface area contributed by atoms with Gasteiger partial charge in [-0.05, 0) is 39.9 Å². The highest BCUT2D eigenvalue weighted by Gasteiger charge is 2.29. The minimum absolute atomic E-state index is 0.0679. The topological polar surface area (TPSA) is 117 Å². The Hall–Kier alpha value is -3.88. The van der Waals surface area contributed by atoms with E-state index in [1.807, 2.05) is 36.4 Å². The fourth-order valence-electron chi connectivity index (χ4n) is 4.46. The van der Waals surface area contributed by atoms with Gasteiger partial charge in [-0.2, -0.15) is 0 Å². The van der Waals surface area contributed by atoms with Crippen LogP contribution in [0.2, 0.25) is 0 Å². The van der Waals surface area contributed by atoms with Crippen molar-refractivity contribution < 1.29 is 29.3 Å². The van der Waals surface area contributed by atoms with E-state index in [-0.39, 0.29) is 31.6 Å². The lowest BCUT2D eigenvalue weighted by atomic mass is 9.98. The van der Waals surface area contributed by atoms with Crippen molar-refractivity contribution in [2.45, 2.75) is 18.1 Å². The largest absolute Gasteiger partial charge is 0.482 e. The highest BCUT2D eigenvalue weighted by Crippen LogP contribution is 2.44. The lowest BCUT2D eigenvalue weighted by Gasteiger charge is -2.22. The molecule has 0 fully saturated rings. The molecule has 0 aromatic heterocycles. The molecule has 3 aromatic rings. The van der Waals surface area contributed by atoms with Gasteiger partial charge in [0.05, 0.1) is 5.69 Å². The first-order valence-corrected chi connectivity index (χ1v) is 11.0. The smallest absolute Gasteiger partial charge is 0.407 e. The monoisotopic (exact) mass is 460 g/mol. The van der Waals surface area contributed by atoms with E-state index >= 15 is 0 Å². The number of aliphatic hydroxyl groups is 2. The van der Waals surface area contributed by atoms with E-state index in [1.165, 1.54) is 6.07 Å². The van der Waals surface area contributed by atoms with Gasteiger partial charge in [-0.15, -0.1) is 0 Å². The number of alkyl carbamates (subject to hydrolysis) is 1. The number of ether oxygens (including phenoxy) is 2. The van der Waals surface area contributed by atoms with Crippen LogP contribution >= 0.6 is 0 Å². The highest BCUT2D eigenvalue weighted by molar-refractivity contribution is 5.95. The molecule has 8 nitrogen and oxygen atoms in total. The van der Waals surface area contributed by atoms with Crippen molar-refractivity contribution >= 4 is 17.7 Å². The van der Waals surface area contributed by atoms with E-state index in [1.54, 1.807) is 12.1 Å². The van der Waals surface area contributed by atoms with Crippen LogP contribution in [0.15, 0.2) is 66.7 Å². The second-order valence-corrected chi connectivity index (χ2v) is 8.31. The molecule has 2 unspecified atom stereocenters. The molecule has 2 aliphatic rings. The molecule has 1 heterocycles. The van der Waals surface area contributed by atoms with Crippen molar-refractivity contribution in [3.05, 3.63) is 83.4 Å². The van der Waals surface area contributed by atoms with Gasteiger partial charge in [0.25, 0.3) is 5.91 Å². The van der Waals surface area contributed by atoms with Crippen molar-refractivity contribution in [1.29, 1.82) is 0 Å². The second-order valence-electron chi connectivity index (χ2n) is 8.31.